The van der Waals surface area contributed by atoms with Gasteiger partial charge in [-0.15, -0.1) is 4.68 Å². The van der Waals surface area contributed by atoms with Gasteiger partial charge in [0.15, 0.2) is 5.69 Å². The van der Waals surface area contributed by atoms with Crippen molar-refractivity contribution >= 4 is 11.8 Å². The molecule has 1 aromatic heterocycles. The summed E-state index contributed by atoms with van der Waals surface area (Å²) < 4.78 is 1.09. The number of carboxylic acids is 1. The maximum atomic E-state index is 10.5. The number of hydrogen-bond acceptors (Lipinski definition) is 4. The van der Waals surface area contributed by atoms with Crippen molar-refractivity contribution in [1.29, 1.82) is 0 Å². The van der Waals surface area contributed by atoms with E-state index in [0.717, 1.165) is 10.7 Å². The molecule has 76 valence electrons. The van der Waals surface area contributed by atoms with Gasteiger partial charge in [-0.2, -0.15) is 0 Å². The van der Waals surface area contributed by atoms with Gasteiger partial charge in [0.1, 0.15) is 6.54 Å². The molecule has 0 saturated heterocycles. The van der Waals surface area contributed by atoms with E-state index in [9.17, 15) is 14.9 Å². The first-order chi connectivity index (χ1) is 6.56. The van der Waals surface area contributed by atoms with Gasteiger partial charge in [-0.1, -0.05) is 12.0 Å². The predicted octanol–water partition coefficient (Wildman–Crippen LogP) is 0.899. The van der Waals surface area contributed by atoms with Crippen molar-refractivity contribution in [1.82, 2.24) is 9.78 Å². The van der Waals surface area contributed by atoms with E-state index in [4.69, 9.17) is 5.11 Å². The Balaban J connectivity index is 3.12. The Hall–Kier alpha value is -1.92. The van der Waals surface area contributed by atoms with Gasteiger partial charge < -0.3 is 15.2 Å². The fourth-order valence-electron chi connectivity index (χ4n) is 1.03. The lowest BCUT2D eigenvalue weighted by Gasteiger charge is -1.95. The van der Waals surface area contributed by atoms with Gasteiger partial charge >= 0.3 is 11.8 Å². The van der Waals surface area contributed by atoms with Crippen LogP contribution in [0.1, 0.15) is 23.8 Å². The van der Waals surface area contributed by atoms with Crippen molar-refractivity contribution in [3.63, 3.8) is 0 Å². The van der Waals surface area contributed by atoms with Gasteiger partial charge in [0.25, 0.3) is 0 Å². The average molecular weight is 199 g/mol. The summed E-state index contributed by atoms with van der Waals surface area (Å²) in [5, 5.41) is 22.7. The summed E-state index contributed by atoms with van der Waals surface area (Å²) >= 11 is 0. The highest BCUT2D eigenvalue weighted by Gasteiger charge is 2.21. The summed E-state index contributed by atoms with van der Waals surface area (Å²) in [7, 11) is 0. The second-order valence-corrected chi connectivity index (χ2v) is 2.67. The highest BCUT2D eigenvalue weighted by molar-refractivity contribution is 5.85. The molecule has 0 amide bonds. The molecule has 0 saturated carbocycles. The quantitative estimate of drug-likeness (QED) is 0.573. The Morgan fingerprint density at radius 2 is 2.43 bits per heavy atom. The van der Waals surface area contributed by atoms with Crippen molar-refractivity contribution < 1.29 is 14.8 Å². The van der Waals surface area contributed by atoms with Crippen LogP contribution in [0.4, 0.5) is 5.82 Å². The minimum absolute atomic E-state index is 0.288. The third-order valence-electron chi connectivity index (χ3n) is 1.60. The molecule has 1 N–H and O–H groups in total. The zero-order chi connectivity index (χ0) is 10.7. The molecule has 1 rings (SSSR count). The van der Waals surface area contributed by atoms with Crippen LogP contribution in [-0.2, 0) is 6.54 Å². The van der Waals surface area contributed by atoms with Gasteiger partial charge in [-0.25, -0.2) is 4.79 Å². The number of aromatic nitrogens is 2. The van der Waals surface area contributed by atoms with Crippen LogP contribution in [-0.4, -0.2) is 25.8 Å². The van der Waals surface area contributed by atoms with Crippen LogP contribution < -0.4 is 0 Å². The summed E-state index contributed by atoms with van der Waals surface area (Å²) in [5.74, 6) is -1.55. The monoisotopic (exact) mass is 199 g/mol. The van der Waals surface area contributed by atoms with Gasteiger partial charge in [-0.05, 0) is 11.3 Å². The zero-order valence-corrected chi connectivity index (χ0v) is 7.51. The third-order valence-corrected chi connectivity index (χ3v) is 1.60. The van der Waals surface area contributed by atoms with Crippen LogP contribution in [0.2, 0.25) is 0 Å². The van der Waals surface area contributed by atoms with Crippen LogP contribution in [0.25, 0.3) is 0 Å². The number of hydrogen-bond donors (Lipinski definition) is 1. The normalized spacial score (nSPS) is 10.1. The smallest absolute Gasteiger partial charge is 0.358 e. The number of nitro groups is 1. The standard InChI is InChI=1S/C7H9N3O4/c1-2-3-9-6(10(13)14)4-5(8-9)7(11)12/h4H,2-3H2,1H3,(H,11,12). The van der Waals surface area contributed by atoms with Crippen molar-refractivity contribution in [2.45, 2.75) is 19.9 Å². The molecular weight excluding hydrogens is 190 g/mol. The number of carboxylic acid groups (broad SMARTS) is 1. The highest BCUT2D eigenvalue weighted by atomic mass is 16.6. The Morgan fingerprint density at radius 1 is 1.79 bits per heavy atom. The van der Waals surface area contributed by atoms with Crippen LogP contribution in [0.15, 0.2) is 6.07 Å². The van der Waals surface area contributed by atoms with Crippen molar-refractivity contribution in [2.24, 2.45) is 0 Å². The van der Waals surface area contributed by atoms with E-state index in [2.05, 4.69) is 5.10 Å². The summed E-state index contributed by atoms with van der Waals surface area (Å²) in [6.45, 7) is 2.16. The molecule has 0 bridgehead atoms. The van der Waals surface area contributed by atoms with Crippen LogP contribution in [0.3, 0.4) is 0 Å². The van der Waals surface area contributed by atoms with E-state index in [1.54, 1.807) is 0 Å². The van der Waals surface area contributed by atoms with E-state index in [-0.39, 0.29) is 11.5 Å². The number of nitrogens with zero attached hydrogens (tertiary/aromatic N) is 3. The minimum Gasteiger partial charge on any atom is -0.476 e. The largest absolute Gasteiger partial charge is 0.476 e. The minimum atomic E-state index is -1.26. The molecule has 7 heteroatoms. The zero-order valence-electron chi connectivity index (χ0n) is 7.51. The lowest BCUT2D eigenvalue weighted by Crippen LogP contribution is -2.05. The van der Waals surface area contributed by atoms with E-state index < -0.39 is 10.9 Å². The first-order valence-corrected chi connectivity index (χ1v) is 4.01. The third kappa shape index (κ3) is 1.87. The fraction of sp³-hybridized carbons (Fsp3) is 0.429. The fourth-order valence-corrected chi connectivity index (χ4v) is 1.03. The molecule has 1 aromatic rings. The first kappa shape index (κ1) is 10.2. The van der Waals surface area contributed by atoms with Crippen LogP contribution in [0, 0.1) is 10.1 Å². The van der Waals surface area contributed by atoms with Crippen molar-refractivity contribution in [2.75, 3.05) is 0 Å². The summed E-state index contributed by atoms with van der Waals surface area (Å²) in [6, 6.07) is 0.956. The molecule has 0 aromatic carbocycles. The van der Waals surface area contributed by atoms with E-state index in [1.165, 1.54) is 0 Å². The number of aromatic carboxylic acids is 1. The molecule has 0 atom stereocenters. The predicted molar refractivity (Wildman–Crippen MR) is 46.1 cm³/mol. The van der Waals surface area contributed by atoms with Crippen molar-refractivity contribution in [3.05, 3.63) is 21.9 Å². The molecule has 14 heavy (non-hydrogen) atoms. The van der Waals surface area contributed by atoms with Crippen molar-refractivity contribution in [3.8, 4) is 0 Å². The maximum absolute atomic E-state index is 10.5. The van der Waals surface area contributed by atoms with Crippen LogP contribution in [0.5, 0.6) is 0 Å². The van der Waals surface area contributed by atoms with E-state index in [0.29, 0.717) is 13.0 Å². The molecule has 0 aliphatic heterocycles. The first-order valence-electron chi connectivity index (χ1n) is 4.01. The molecule has 0 unspecified atom stereocenters. The van der Waals surface area contributed by atoms with Gasteiger partial charge in [0, 0.05) is 0 Å². The summed E-state index contributed by atoms with van der Waals surface area (Å²) in [5.41, 5.74) is -0.301. The van der Waals surface area contributed by atoms with E-state index >= 15 is 0 Å². The summed E-state index contributed by atoms with van der Waals surface area (Å²) in [4.78, 5) is 20.3. The highest BCUT2D eigenvalue weighted by Crippen LogP contribution is 2.13. The summed E-state index contributed by atoms with van der Waals surface area (Å²) in [6.07, 6.45) is 0.654. The van der Waals surface area contributed by atoms with Crippen LogP contribution >= 0.6 is 0 Å². The lowest BCUT2D eigenvalue weighted by atomic mass is 10.4. The maximum Gasteiger partial charge on any atom is 0.358 e. The van der Waals surface area contributed by atoms with E-state index in [1.807, 2.05) is 6.92 Å². The lowest BCUT2D eigenvalue weighted by molar-refractivity contribution is -0.392. The average Bonchev–Trinajstić information content (AvgIpc) is 2.49. The Kier molecular flexibility index (Phi) is 2.80. The molecule has 0 radical (unpaired) electrons. The Labute approximate surface area is 79.1 Å². The molecule has 0 fully saturated rings. The second kappa shape index (κ2) is 3.86. The molecule has 0 aliphatic carbocycles. The number of aryl methyl sites for hydroxylation is 1. The van der Waals surface area contributed by atoms with Gasteiger partial charge in [-0.3, -0.25) is 0 Å². The molecule has 0 spiro atoms. The number of rotatable bonds is 4. The Morgan fingerprint density at radius 3 is 2.86 bits per heavy atom. The topological polar surface area (TPSA) is 98.3 Å². The molecule has 0 aliphatic rings. The number of carbonyl (C=O) groups is 1. The Bertz CT molecular complexity index is 371. The molecule has 7 nitrogen and oxygen atoms in total. The molecular formula is C7H9N3O4. The SMILES string of the molecule is CCCn1nc(C(=O)O)cc1[N+](=O)[O-]. The van der Waals surface area contributed by atoms with Gasteiger partial charge in [0.05, 0.1) is 6.07 Å². The van der Waals surface area contributed by atoms with Gasteiger partial charge in [0.2, 0.25) is 0 Å². The molecule has 1 heterocycles. The second-order valence-electron chi connectivity index (χ2n) is 2.67.